The van der Waals surface area contributed by atoms with E-state index in [4.69, 9.17) is 9.47 Å². The van der Waals surface area contributed by atoms with Gasteiger partial charge < -0.3 is 14.8 Å². The number of hydrogen-bond donors (Lipinski definition) is 1. The maximum absolute atomic E-state index is 13.3. The fraction of sp³-hybridized carbons (Fsp3) is 0.500. The Hall–Kier alpha value is -2.81. The van der Waals surface area contributed by atoms with Crippen LogP contribution in [-0.4, -0.2) is 48.0 Å². The van der Waals surface area contributed by atoms with E-state index in [9.17, 15) is 18.4 Å². The first-order valence-electron chi connectivity index (χ1n) is 10.6. The zero-order chi connectivity index (χ0) is 22.2. The number of carbonyl (C=O) groups is 2. The predicted octanol–water partition coefficient (Wildman–Crippen LogP) is 3.05. The Morgan fingerprint density at radius 2 is 1.97 bits per heavy atom. The number of hydrogen-bond acceptors (Lipinski definition) is 5. The second-order valence-electron chi connectivity index (χ2n) is 7.32. The van der Waals surface area contributed by atoms with Crippen molar-refractivity contribution in [3.8, 4) is 0 Å². The third kappa shape index (κ3) is 6.10. The van der Waals surface area contributed by atoms with Crippen LogP contribution in [0.4, 0.5) is 8.78 Å². The second-order valence-corrected chi connectivity index (χ2v) is 7.32. The Balaban J connectivity index is 1.65. The highest BCUT2D eigenvalue weighted by molar-refractivity contribution is 5.96. The van der Waals surface area contributed by atoms with Gasteiger partial charge in [-0.15, -0.1) is 0 Å². The Labute approximate surface area is 179 Å². The van der Waals surface area contributed by atoms with Gasteiger partial charge in [0.1, 0.15) is 11.6 Å². The second kappa shape index (κ2) is 11.0. The summed E-state index contributed by atoms with van der Waals surface area (Å²) in [4.78, 5) is 24.8. The van der Waals surface area contributed by atoms with E-state index in [-0.39, 0.29) is 18.1 Å². The molecule has 0 saturated carbocycles. The molecule has 2 heterocycles. The zero-order valence-corrected chi connectivity index (χ0v) is 17.6. The van der Waals surface area contributed by atoms with Crippen molar-refractivity contribution in [2.24, 2.45) is 0 Å². The SMILES string of the molecule is CCc1nn(CCCOC(=O)c2cc(F)cc(F)c2)c2c1C(=O)NCCCOCCC2. The molecule has 1 amide bonds. The number of rotatable bonds is 6. The molecule has 1 aliphatic heterocycles. The van der Waals surface area contributed by atoms with E-state index >= 15 is 0 Å². The molecular formula is C22H27F2N3O4. The summed E-state index contributed by atoms with van der Waals surface area (Å²) < 4.78 is 39.1. The molecular weight excluding hydrogens is 408 g/mol. The van der Waals surface area contributed by atoms with Crippen molar-refractivity contribution in [1.82, 2.24) is 15.1 Å². The Morgan fingerprint density at radius 3 is 2.71 bits per heavy atom. The number of aryl methyl sites for hydroxylation is 2. The number of nitrogens with one attached hydrogen (secondary N) is 1. The molecule has 9 heteroatoms. The maximum atomic E-state index is 13.3. The average molecular weight is 435 g/mol. The van der Waals surface area contributed by atoms with Gasteiger partial charge >= 0.3 is 5.97 Å². The summed E-state index contributed by atoms with van der Waals surface area (Å²) in [6, 6.07) is 2.56. The number of nitrogens with zero attached hydrogens (tertiary/aromatic N) is 2. The molecule has 1 aromatic heterocycles. The van der Waals surface area contributed by atoms with Gasteiger partial charge in [0.15, 0.2) is 0 Å². The van der Waals surface area contributed by atoms with Crippen molar-refractivity contribution >= 4 is 11.9 Å². The van der Waals surface area contributed by atoms with Gasteiger partial charge in [-0.1, -0.05) is 6.92 Å². The minimum absolute atomic E-state index is 0.0579. The van der Waals surface area contributed by atoms with Crippen LogP contribution < -0.4 is 5.32 Å². The lowest BCUT2D eigenvalue weighted by molar-refractivity contribution is 0.0493. The number of ether oxygens (including phenoxy) is 2. The monoisotopic (exact) mass is 435 g/mol. The third-order valence-electron chi connectivity index (χ3n) is 4.99. The van der Waals surface area contributed by atoms with Gasteiger partial charge in [-0.3, -0.25) is 9.48 Å². The van der Waals surface area contributed by atoms with E-state index in [0.29, 0.717) is 57.2 Å². The number of halogens is 2. The molecule has 1 aliphatic rings. The quantitative estimate of drug-likeness (QED) is 0.557. The van der Waals surface area contributed by atoms with Crippen molar-refractivity contribution in [2.45, 2.75) is 45.6 Å². The van der Waals surface area contributed by atoms with E-state index in [0.717, 1.165) is 36.4 Å². The third-order valence-corrected chi connectivity index (χ3v) is 4.99. The number of esters is 1. The lowest BCUT2D eigenvalue weighted by Gasteiger charge is -2.10. The van der Waals surface area contributed by atoms with E-state index in [1.54, 1.807) is 4.68 Å². The van der Waals surface area contributed by atoms with Crippen LogP contribution in [0, 0.1) is 11.6 Å². The minimum Gasteiger partial charge on any atom is -0.462 e. The summed E-state index contributed by atoms with van der Waals surface area (Å²) in [5.74, 6) is -2.58. The largest absolute Gasteiger partial charge is 0.462 e. The van der Waals surface area contributed by atoms with Crippen molar-refractivity contribution in [2.75, 3.05) is 26.4 Å². The van der Waals surface area contributed by atoms with Crippen LogP contribution in [0.15, 0.2) is 18.2 Å². The molecule has 0 bridgehead atoms. The Morgan fingerprint density at radius 1 is 1.23 bits per heavy atom. The molecule has 31 heavy (non-hydrogen) atoms. The van der Waals surface area contributed by atoms with Crippen molar-refractivity contribution in [3.05, 3.63) is 52.3 Å². The van der Waals surface area contributed by atoms with Gasteiger partial charge in [-0.05, 0) is 37.8 Å². The fourth-order valence-electron chi connectivity index (χ4n) is 3.54. The van der Waals surface area contributed by atoms with Crippen LogP contribution in [0.25, 0.3) is 0 Å². The topological polar surface area (TPSA) is 82.5 Å². The molecule has 0 aliphatic carbocycles. The molecule has 0 spiro atoms. The maximum Gasteiger partial charge on any atom is 0.338 e. The van der Waals surface area contributed by atoms with Crippen molar-refractivity contribution in [3.63, 3.8) is 0 Å². The Bertz CT molecular complexity index is 909. The number of carbonyl (C=O) groups excluding carboxylic acids is 2. The molecule has 3 rings (SSSR count). The average Bonchev–Trinajstić information content (AvgIpc) is 3.07. The lowest BCUT2D eigenvalue weighted by Crippen LogP contribution is -2.26. The summed E-state index contributed by atoms with van der Waals surface area (Å²) in [5.41, 5.74) is 2.03. The molecule has 0 atom stereocenters. The number of benzene rings is 1. The van der Waals surface area contributed by atoms with Gasteiger partial charge in [0, 0.05) is 38.8 Å². The minimum atomic E-state index is -0.834. The van der Waals surface area contributed by atoms with Crippen LogP contribution >= 0.6 is 0 Å². The van der Waals surface area contributed by atoms with E-state index in [2.05, 4.69) is 10.4 Å². The normalized spacial score (nSPS) is 15.0. The molecule has 168 valence electrons. The summed E-state index contributed by atoms with van der Waals surface area (Å²) in [5, 5.41) is 7.53. The van der Waals surface area contributed by atoms with Crippen LogP contribution in [-0.2, 0) is 28.9 Å². The lowest BCUT2D eigenvalue weighted by atomic mass is 10.1. The van der Waals surface area contributed by atoms with Gasteiger partial charge in [-0.25, -0.2) is 13.6 Å². The smallest absolute Gasteiger partial charge is 0.338 e. The van der Waals surface area contributed by atoms with Crippen LogP contribution in [0.3, 0.4) is 0 Å². The molecule has 0 saturated heterocycles. The molecule has 1 N–H and O–H groups in total. The Kier molecular flexibility index (Phi) is 8.11. The summed E-state index contributed by atoms with van der Waals surface area (Å²) in [7, 11) is 0. The number of fused-ring (bicyclic) bond motifs is 1. The molecule has 0 fully saturated rings. The molecule has 2 aromatic rings. The van der Waals surface area contributed by atoms with Crippen molar-refractivity contribution in [1.29, 1.82) is 0 Å². The predicted molar refractivity (Wildman–Crippen MR) is 109 cm³/mol. The summed E-state index contributed by atoms with van der Waals surface area (Å²) >= 11 is 0. The zero-order valence-electron chi connectivity index (χ0n) is 17.6. The van der Waals surface area contributed by atoms with Crippen molar-refractivity contribution < 1.29 is 27.8 Å². The highest BCUT2D eigenvalue weighted by Gasteiger charge is 2.23. The molecule has 7 nitrogen and oxygen atoms in total. The van der Waals surface area contributed by atoms with Gasteiger partial charge in [0.25, 0.3) is 5.91 Å². The van der Waals surface area contributed by atoms with E-state index in [1.807, 2.05) is 6.92 Å². The number of aromatic nitrogens is 2. The molecule has 1 aromatic carbocycles. The molecule has 0 radical (unpaired) electrons. The van der Waals surface area contributed by atoms with Crippen LogP contribution in [0.1, 0.15) is 58.3 Å². The summed E-state index contributed by atoms with van der Waals surface area (Å²) in [6.45, 7) is 4.23. The van der Waals surface area contributed by atoms with Gasteiger partial charge in [0.05, 0.1) is 29.1 Å². The first kappa shape index (κ1) is 22.9. The number of amides is 1. The van der Waals surface area contributed by atoms with E-state index in [1.165, 1.54) is 0 Å². The standard InChI is InChI=1S/C22H27F2N3O4/c1-2-18-20-19(6-3-9-30-10-4-7-25-21(20)28)27(26-18)8-5-11-31-22(29)15-12-16(23)14-17(24)13-15/h12-14H,2-11H2,1H3,(H,25,28). The fourth-order valence-corrected chi connectivity index (χ4v) is 3.54. The summed E-state index contributed by atoms with van der Waals surface area (Å²) in [6.07, 6.45) is 3.25. The van der Waals surface area contributed by atoms with Gasteiger partial charge in [0.2, 0.25) is 0 Å². The highest BCUT2D eigenvalue weighted by atomic mass is 19.1. The first-order valence-corrected chi connectivity index (χ1v) is 10.6. The first-order chi connectivity index (χ1) is 15.0. The van der Waals surface area contributed by atoms with Crippen LogP contribution in [0.5, 0.6) is 0 Å². The van der Waals surface area contributed by atoms with E-state index < -0.39 is 17.6 Å². The van der Waals surface area contributed by atoms with Crippen LogP contribution in [0.2, 0.25) is 0 Å². The molecule has 0 unspecified atom stereocenters. The van der Waals surface area contributed by atoms with Gasteiger partial charge in [-0.2, -0.15) is 5.10 Å². The highest BCUT2D eigenvalue weighted by Crippen LogP contribution is 2.19.